The lowest BCUT2D eigenvalue weighted by Crippen LogP contribution is -2.05. The van der Waals surface area contributed by atoms with Gasteiger partial charge in [-0.05, 0) is 37.3 Å². The van der Waals surface area contributed by atoms with Crippen molar-refractivity contribution < 1.29 is 0 Å². The molecule has 0 fully saturated rings. The minimum atomic E-state index is 0.641. The molecule has 22 heavy (non-hydrogen) atoms. The van der Waals surface area contributed by atoms with E-state index in [9.17, 15) is 0 Å². The van der Waals surface area contributed by atoms with Gasteiger partial charge in [0.2, 0.25) is 0 Å². The number of unbranched alkanes of at least 4 members (excludes halogenated alkanes) is 1. The van der Waals surface area contributed by atoms with Crippen LogP contribution < -0.4 is 0 Å². The first-order valence-corrected chi connectivity index (χ1v) is 7.99. The Kier molecular flexibility index (Phi) is 6.02. The molecule has 0 aliphatic heterocycles. The third kappa shape index (κ3) is 3.89. The van der Waals surface area contributed by atoms with E-state index in [0.29, 0.717) is 22.6 Å². The van der Waals surface area contributed by atoms with E-state index in [1.165, 1.54) is 0 Å². The van der Waals surface area contributed by atoms with Crippen LogP contribution in [-0.2, 0) is 25.9 Å². The van der Waals surface area contributed by atoms with E-state index < -0.39 is 0 Å². The molecule has 2 N–H and O–H groups in total. The summed E-state index contributed by atoms with van der Waals surface area (Å²) in [5.41, 5.74) is 0. The minimum absolute atomic E-state index is 0.641. The second-order valence-electron chi connectivity index (χ2n) is 4.90. The fourth-order valence-electron chi connectivity index (χ4n) is 2.28. The van der Waals surface area contributed by atoms with Gasteiger partial charge in [-0.2, -0.15) is 10.2 Å². The number of rotatable bonds is 9. The Morgan fingerprint density at radius 2 is 1.27 bits per heavy atom. The molecule has 0 aliphatic rings. The summed E-state index contributed by atoms with van der Waals surface area (Å²) in [7, 11) is 0. The maximum Gasteiger partial charge on any atom is 0.195 e. The molecule has 0 aromatic carbocycles. The van der Waals surface area contributed by atoms with Crippen molar-refractivity contribution in [1.29, 1.82) is 0 Å². The van der Waals surface area contributed by atoms with E-state index in [1.54, 1.807) is 0 Å². The van der Waals surface area contributed by atoms with Crippen LogP contribution in [-0.4, -0.2) is 29.5 Å². The summed E-state index contributed by atoms with van der Waals surface area (Å²) in [4.78, 5) is 0. The zero-order valence-corrected chi connectivity index (χ0v) is 14.0. The summed E-state index contributed by atoms with van der Waals surface area (Å²) in [6.45, 7) is 8.85. The largest absolute Gasteiger partial charge is 0.300 e. The minimum Gasteiger partial charge on any atom is -0.300 e. The van der Waals surface area contributed by atoms with Gasteiger partial charge in [-0.25, -0.2) is 0 Å². The second-order valence-corrected chi connectivity index (χ2v) is 5.67. The van der Waals surface area contributed by atoms with Crippen molar-refractivity contribution in [1.82, 2.24) is 29.5 Å². The van der Waals surface area contributed by atoms with Gasteiger partial charge in [0.15, 0.2) is 9.54 Å². The maximum absolute atomic E-state index is 5.20. The zero-order valence-electron chi connectivity index (χ0n) is 12.4. The summed E-state index contributed by atoms with van der Waals surface area (Å²) in [6.07, 6.45) is 7.39. The number of aromatic amines is 2. The number of nitrogens with one attached hydrogen (secondary N) is 2. The lowest BCUT2D eigenvalue weighted by molar-refractivity contribution is 0.631. The normalized spacial score (nSPS) is 10.7. The van der Waals surface area contributed by atoms with Crippen molar-refractivity contribution in [3.8, 4) is 0 Å². The Morgan fingerprint density at radius 1 is 0.864 bits per heavy atom. The second kappa shape index (κ2) is 8.00. The molecule has 6 nitrogen and oxygen atoms in total. The zero-order chi connectivity index (χ0) is 15.9. The Balaban J connectivity index is 1.90. The van der Waals surface area contributed by atoms with Gasteiger partial charge in [0.05, 0.1) is 0 Å². The van der Waals surface area contributed by atoms with Crippen LogP contribution in [0, 0.1) is 9.54 Å². The number of hydrogen-bond acceptors (Lipinski definition) is 4. The average Bonchev–Trinajstić information content (AvgIpc) is 3.02. The van der Waals surface area contributed by atoms with Gasteiger partial charge in [0, 0.05) is 25.9 Å². The molecule has 0 aliphatic carbocycles. The molecule has 2 heterocycles. The Morgan fingerprint density at radius 3 is 1.64 bits per heavy atom. The Labute approximate surface area is 139 Å². The van der Waals surface area contributed by atoms with E-state index in [4.69, 9.17) is 24.4 Å². The van der Waals surface area contributed by atoms with Crippen molar-refractivity contribution >= 4 is 24.4 Å². The molecule has 0 atom stereocenters. The van der Waals surface area contributed by atoms with Crippen LogP contribution in [0.4, 0.5) is 0 Å². The van der Waals surface area contributed by atoms with Crippen molar-refractivity contribution in [3.05, 3.63) is 46.5 Å². The number of H-pyrrole nitrogens is 2. The molecular weight excluding hydrogens is 316 g/mol. The quantitative estimate of drug-likeness (QED) is 0.419. The smallest absolute Gasteiger partial charge is 0.195 e. The van der Waals surface area contributed by atoms with Crippen molar-refractivity contribution in [2.24, 2.45) is 0 Å². The number of allylic oxidation sites excluding steroid dienone is 2. The number of nitrogens with zero attached hydrogens (tertiary/aromatic N) is 4. The van der Waals surface area contributed by atoms with Gasteiger partial charge >= 0.3 is 0 Å². The molecule has 0 bridgehead atoms. The lowest BCUT2D eigenvalue weighted by atomic mass is 10.2. The molecule has 0 spiro atoms. The SMILES string of the molecule is C=CCn1c(CCCCc2n[nH]c(=S)n2CC=C)n[nH]c1=S. The van der Waals surface area contributed by atoms with Crippen LogP contribution >= 0.6 is 24.4 Å². The summed E-state index contributed by atoms with van der Waals surface area (Å²) in [6, 6.07) is 0. The molecule has 0 unspecified atom stereocenters. The Bertz CT molecular complexity index is 684. The molecule has 2 rings (SSSR count). The topological polar surface area (TPSA) is 67.2 Å². The van der Waals surface area contributed by atoms with Gasteiger partial charge in [0.1, 0.15) is 11.6 Å². The van der Waals surface area contributed by atoms with Crippen molar-refractivity contribution in [2.75, 3.05) is 0 Å². The summed E-state index contributed by atoms with van der Waals surface area (Å²) in [5.74, 6) is 1.93. The monoisotopic (exact) mass is 336 g/mol. The summed E-state index contributed by atoms with van der Waals surface area (Å²) >= 11 is 10.4. The first kappa shape index (κ1) is 16.6. The van der Waals surface area contributed by atoms with Crippen LogP contribution in [0.5, 0.6) is 0 Å². The predicted octanol–water partition coefficient (Wildman–Crippen LogP) is 3.13. The van der Waals surface area contributed by atoms with Crippen molar-refractivity contribution in [2.45, 2.75) is 38.8 Å². The summed E-state index contributed by atoms with van der Waals surface area (Å²) < 4.78 is 5.22. The highest BCUT2D eigenvalue weighted by Crippen LogP contribution is 2.08. The van der Waals surface area contributed by atoms with Crippen LogP contribution in [0.3, 0.4) is 0 Å². The molecule has 2 aromatic rings. The highest BCUT2D eigenvalue weighted by Gasteiger charge is 2.07. The van der Waals surface area contributed by atoms with E-state index in [2.05, 4.69) is 33.6 Å². The highest BCUT2D eigenvalue weighted by molar-refractivity contribution is 7.71. The maximum atomic E-state index is 5.20. The van der Waals surface area contributed by atoms with Gasteiger partial charge in [-0.15, -0.1) is 13.2 Å². The molecule has 0 saturated carbocycles. The van der Waals surface area contributed by atoms with Crippen LogP contribution in [0.1, 0.15) is 24.5 Å². The standard InChI is InChI=1S/C14H20N6S2/c1-3-9-19-11(15-17-13(19)21)7-5-6-8-12-16-18-14(22)20(12)10-4-2/h3-4H,1-2,5-10H2,(H,17,21)(H,18,22). The Hall–Kier alpha value is -1.80. The van der Waals surface area contributed by atoms with Gasteiger partial charge in [-0.3, -0.25) is 10.2 Å². The van der Waals surface area contributed by atoms with E-state index in [1.807, 2.05) is 21.3 Å². The third-order valence-electron chi connectivity index (χ3n) is 3.35. The number of aryl methyl sites for hydroxylation is 2. The molecule has 0 amide bonds. The van der Waals surface area contributed by atoms with E-state index in [-0.39, 0.29) is 0 Å². The molecule has 8 heteroatoms. The average molecular weight is 336 g/mol. The van der Waals surface area contributed by atoms with Gasteiger partial charge in [-0.1, -0.05) is 12.2 Å². The third-order valence-corrected chi connectivity index (χ3v) is 3.97. The van der Waals surface area contributed by atoms with Crippen LogP contribution in [0.2, 0.25) is 0 Å². The molecule has 0 saturated heterocycles. The van der Waals surface area contributed by atoms with Crippen molar-refractivity contribution in [3.63, 3.8) is 0 Å². The van der Waals surface area contributed by atoms with Gasteiger partial charge in [0.25, 0.3) is 0 Å². The molecule has 0 radical (unpaired) electrons. The van der Waals surface area contributed by atoms with Crippen LogP contribution in [0.15, 0.2) is 25.3 Å². The first-order valence-electron chi connectivity index (χ1n) is 7.17. The molecule has 2 aromatic heterocycles. The molecule has 118 valence electrons. The lowest BCUT2D eigenvalue weighted by Gasteiger charge is -2.05. The summed E-state index contributed by atoms with van der Waals surface area (Å²) in [5, 5.41) is 14.2. The molecular formula is C14H20N6S2. The van der Waals surface area contributed by atoms with E-state index >= 15 is 0 Å². The number of aromatic nitrogens is 6. The fourth-order valence-corrected chi connectivity index (χ4v) is 2.73. The first-order chi connectivity index (χ1) is 10.7. The number of hydrogen-bond donors (Lipinski definition) is 2. The van der Waals surface area contributed by atoms with Crippen LogP contribution in [0.25, 0.3) is 0 Å². The predicted molar refractivity (Wildman–Crippen MR) is 91.9 cm³/mol. The van der Waals surface area contributed by atoms with E-state index in [0.717, 1.165) is 37.3 Å². The fraction of sp³-hybridized carbons (Fsp3) is 0.429. The van der Waals surface area contributed by atoms with Gasteiger partial charge < -0.3 is 9.13 Å². The highest BCUT2D eigenvalue weighted by atomic mass is 32.1.